The van der Waals surface area contributed by atoms with Crippen LogP contribution >= 0.6 is 11.5 Å². The molecule has 0 atom stereocenters. The second-order valence-electron chi connectivity index (χ2n) is 5.15. The Labute approximate surface area is 154 Å². The van der Waals surface area contributed by atoms with Crippen molar-refractivity contribution >= 4 is 29.2 Å². The van der Waals surface area contributed by atoms with Gasteiger partial charge in [-0.1, -0.05) is 22.7 Å². The molecule has 0 amide bonds. The molecule has 1 aliphatic rings. The number of allylic oxidation sites excluding steroid dienone is 2. The molecule has 0 N–H and O–H groups in total. The maximum atomic E-state index is 12.4. The molecule has 26 heavy (non-hydrogen) atoms. The van der Waals surface area contributed by atoms with Crippen LogP contribution in [0, 0.1) is 0 Å². The van der Waals surface area contributed by atoms with Crippen molar-refractivity contribution in [2.45, 2.75) is 0 Å². The summed E-state index contributed by atoms with van der Waals surface area (Å²) in [6, 6.07) is 7.38. The Kier molecular flexibility index (Phi) is 5.23. The molecule has 1 aliphatic heterocycles. The van der Waals surface area contributed by atoms with Crippen LogP contribution in [0.2, 0.25) is 0 Å². The first kappa shape index (κ1) is 17.6. The normalized spacial score (nSPS) is 13.5. The first-order valence-corrected chi connectivity index (χ1v) is 8.42. The second-order valence-corrected chi connectivity index (χ2v) is 5.76. The van der Waals surface area contributed by atoms with Gasteiger partial charge in [-0.3, -0.25) is 0 Å². The summed E-state index contributed by atoms with van der Waals surface area (Å²) in [5.74, 6) is -1.27. The van der Waals surface area contributed by atoms with Gasteiger partial charge in [-0.25, -0.2) is 9.59 Å². The molecule has 0 unspecified atom stereocenters. The van der Waals surface area contributed by atoms with Crippen molar-refractivity contribution in [3.63, 3.8) is 0 Å². The molecule has 132 valence electrons. The quantitative estimate of drug-likeness (QED) is 0.766. The molecule has 0 fully saturated rings. The van der Waals surface area contributed by atoms with E-state index in [0.29, 0.717) is 5.69 Å². The monoisotopic (exact) mass is 369 g/mol. The maximum Gasteiger partial charge on any atom is 0.355 e. The number of anilines is 1. The Morgan fingerprint density at radius 2 is 1.77 bits per heavy atom. The van der Waals surface area contributed by atoms with Gasteiger partial charge in [0.25, 0.3) is 0 Å². The summed E-state index contributed by atoms with van der Waals surface area (Å²) in [6.07, 6.45) is 6.57. The van der Waals surface area contributed by atoms with Gasteiger partial charge in [-0.05, 0) is 35.8 Å². The predicted molar refractivity (Wildman–Crippen MR) is 97.2 cm³/mol. The van der Waals surface area contributed by atoms with Crippen LogP contribution < -0.4 is 4.90 Å². The van der Waals surface area contributed by atoms with Crippen molar-refractivity contribution < 1.29 is 19.1 Å². The fraction of sp³-hybridized carbons (Fsp3) is 0.111. The Morgan fingerprint density at radius 3 is 2.38 bits per heavy atom. The number of carbonyl (C=O) groups excluding carboxylic acids is 2. The zero-order valence-corrected chi connectivity index (χ0v) is 14.9. The van der Waals surface area contributed by atoms with E-state index < -0.39 is 11.9 Å². The van der Waals surface area contributed by atoms with Gasteiger partial charge in [-0.2, -0.15) is 0 Å². The van der Waals surface area contributed by atoms with E-state index in [2.05, 4.69) is 9.59 Å². The number of methoxy groups -OCH3 is 2. The van der Waals surface area contributed by atoms with Gasteiger partial charge in [0.2, 0.25) is 0 Å². The van der Waals surface area contributed by atoms with E-state index in [1.54, 1.807) is 23.3 Å². The lowest BCUT2D eigenvalue weighted by molar-refractivity contribution is -0.139. The number of benzene rings is 1. The molecule has 8 heteroatoms. The van der Waals surface area contributed by atoms with E-state index in [1.807, 2.05) is 29.6 Å². The van der Waals surface area contributed by atoms with Crippen molar-refractivity contribution in [2.24, 2.45) is 0 Å². The van der Waals surface area contributed by atoms with Crippen LogP contribution in [0.5, 0.6) is 0 Å². The Hall–Kier alpha value is -3.26. The molecule has 0 spiro atoms. The van der Waals surface area contributed by atoms with Crippen molar-refractivity contribution in [3.8, 4) is 11.3 Å². The minimum Gasteiger partial charge on any atom is -0.465 e. The standard InChI is InChI=1S/C18H15N3O4S/c1-24-17(22)14-5-3-4-10-21(16(14)18(23)25-2)13-8-6-12(7-9-13)15-11-26-20-19-15/h3-11H,1-2H3. The molecule has 7 nitrogen and oxygen atoms in total. The number of esters is 2. The lowest BCUT2D eigenvalue weighted by atomic mass is 10.1. The highest BCUT2D eigenvalue weighted by atomic mass is 32.1. The van der Waals surface area contributed by atoms with E-state index in [0.717, 1.165) is 11.3 Å². The summed E-state index contributed by atoms with van der Waals surface area (Å²) in [5, 5.41) is 5.88. The highest BCUT2D eigenvalue weighted by molar-refractivity contribution is 7.03. The molecular formula is C18H15N3O4S. The first-order chi connectivity index (χ1) is 12.7. The number of hydrogen-bond acceptors (Lipinski definition) is 8. The third-order valence-corrected chi connectivity index (χ3v) is 4.20. The lowest BCUT2D eigenvalue weighted by Gasteiger charge is -2.23. The maximum absolute atomic E-state index is 12.4. The highest BCUT2D eigenvalue weighted by Gasteiger charge is 2.27. The smallest absolute Gasteiger partial charge is 0.355 e. The highest BCUT2D eigenvalue weighted by Crippen LogP contribution is 2.28. The summed E-state index contributed by atoms with van der Waals surface area (Å²) in [7, 11) is 2.52. The third-order valence-electron chi connectivity index (χ3n) is 3.69. The SMILES string of the molecule is COC(=O)C1=C(C(=O)OC)N(c2ccc(-c3csnn3)cc2)C=CC=C1. The number of aromatic nitrogens is 2. The zero-order valence-electron chi connectivity index (χ0n) is 14.1. The van der Waals surface area contributed by atoms with E-state index in [1.165, 1.54) is 31.8 Å². The van der Waals surface area contributed by atoms with Crippen molar-refractivity contribution in [1.82, 2.24) is 9.59 Å². The lowest BCUT2D eigenvalue weighted by Crippen LogP contribution is -2.26. The summed E-state index contributed by atoms with van der Waals surface area (Å²) in [5.41, 5.74) is 2.54. The molecule has 2 heterocycles. The Bertz CT molecular complexity index is 899. The van der Waals surface area contributed by atoms with E-state index in [9.17, 15) is 9.59 Å². The van der Waals surface area contributed by atoms with Crippen LogP contribution in [0.15, 0.2) is 65.3 Å². The van der Waals surface area contributed by atoms with Gasteiger partial charge < -0.3 is 14.4 Å². The summed E-state index contributed by atoms with van der Waals surface area (Å²) >= 11 is 1.27. The first-order valence-electron chi connectivity index (χ1n) is 7.58. The van der Waals surface area contributed by atoms with Gasteiger partial charge >= 0.3 is 11.9 Å². The summed E-state index contributed by atoms with van der Waals surface area (Å²) in [6.45, 7) is 0. The molecule has 0 bridgehead atoms. The van der Waals surface area contributed by atoms with Gasteiger partial charge in [0, 0.05) is 22.8 Å². The van der Waals surface area contributed by atoms with Gasteiger partial charge in [-0.15, -0.1) is 5.10 Å². The van der Waals surface area contributed by atoms with Gasteiger partial charge in [0.1, 0.15) is 11.4 Å². The average molecular weight is 369 g/mol. The third kappa shape index (κ3) is 3.40. The topological polar surface area (TPSA) is 81.6 Å². The van der Waals surface area contributed by atoms with Gasteiger partial charge in [0.15, 0.2) is 0 Å². The molecule has 1 aromatic carbocycles. The molecule has 0 aliphatic carbocycles. The number of rotatable bonds is 4. The van der Waals surface area contributed by atoms with Gasteiger partial charge in [0.05, 0.1) is 19.8 Å². The van der Waals surface area contributed by atoms with Crippen LogP contribution in [0.1, 0.15) is 0 Å². The number of carbonyl (C=O) groups is 2. The van der Waals surface area contributed by atoms with Crippen LogP contribution in [0.4, 0.5) is 5.69 Å². The Balaban J connectivity index is 2.06. The van der Waals surface area contributed by atoms with Crippen LogP contribution in [0.3, 0.4) is 0 Å². The minimum atomic E-state index is -0.644. The van der Waals surface area contributed by atoms with Crippen LogP contribution in [-0.4, -0.2) is 35.7 Å². The molecule has 0 radical (unpaired) electrons. The van der Waals surface area contributed by atoms with E-state index >= 15 is 0 Å². The second kappa shape index (κ2) is 7.75. The predicted octanol–water partition coefficient (Wildman–Crippen LogP) is 2.70. The van der Waals surface area contributed by atoms with Crippen LogP contribution in [0.25, 0.3) is 11.3 Å². The van der Waals surface area contributed by atoms with Crippen molar-refractivity contribution in [2.75, 3.05) is 19.1 Å². The van der Waals surface area contributed by atoms with Crippen LogP contribution in [-0.2, 0) is 19.1 Å². The summed E-state index contributed by atoms with van der Waals surface area (Å²) < 4.78 is 13.5. The van der Waals surface area contributed by atoms with E-state index in [-0.39, 0.29) is 11.3 Å². The number of ether oxygens (including phenoxy) is 2. The number of hydrogen-bond donors (Lipinski definition) is 0. The molecule has 2 aromatic rings. The molecule has 3 rings (SSSR count). The number of nitrogens with zero attached hydrogens (tertiary/aromatic N) is 3. The average Bonchev–Trinajstić information content (AvgIpc) is 3.13. The minimum absolute atomic E-state index is 0.0763. The zero-order chi connectivity index (χ0) is 18.5. The molecule has 0 saturated heterocycles. The molecular weight excluding hydrogens is 354 g/mol. The molecule has 1 aromatic heterocycles. The fourth-order valence-electron chi connectivity index (χ4n) is 2.45. The van der Waals surface area contributed by atoms with Crippen molar-refractivity contribution in [1.29, 1.82) is 0 Å². The Morgan fingerprint density at radius 1 is 1.04 bits per heavy atom. The largest absolute Gasteiger partial charge is 0.465 e. The summed E-state index contributed by atoms with van der Waals surface area (Å²) in [4.78, 5) is 26.1. The molecule has 0 saturated carbocycles. The fourth-order valence-corrected chi connectivity index (χ4v) is 2.91. The van der Waals surface area contributed by atoms with E-state index in [4.69, 9.17) is 9.47 Å². The van der Waals surface area contributed by atoms with Crippen molar-refractivity contribution in [3.05, 3.63) is 65.3 Å².